The van der Waals surface area contributed by atoms with Crippen molar-refractivity contribution in [3.05, 3.63) is 80.5 Å². The third-order valence-electron chi connectivity index (χ3n) is 14.4. The van der Waals surface area contributed by atoms with Crippen molar-refractivity contribution < 1.29 is 28.3 Å². The minimum atomic E-state index is -2.77. The number of nitrogens with one attached hydrogen (secondary N) is 3. The van der Waals surface area contributed by atoms with E-state index in [2.05, 4.69) is 32.4 Å². The molecule has 3 aromatic rings. The molecule has 0 spiro atoms. The molecule has 6 heterocycles. The normalized spacial score (nSPS) is 21.3. The fraction of sp³-hybridized carbons (Fsp3) is 0.520. The summed E-state index contributed by atoms with van der Waals surface area (Å²) in [6.07, 6.45) is 4.95. The van der Waals surface area contributed by atoms with Gasteiger partial charge in [-0.25, -0.2) is 13.6 Å². The van der Waals surface area contributed by atoms with E-state index >= 15 is 0 Å². The highest BCUT2D eigenvalue weighted by Gasteiger charge is 2.34. The van der Waals surface area contributed by atoms with Crippen molar-refractivity contribution in [1.29, 1.82) is 5.41 Å². The van der Waals surface area contributed by atoms with Gasteiger partial charge in [-0.05, 0) is 93.4 Å². The van der Waals surface area contributed by atoms with E-state index in [9.17, 15) is 38.5 Å². The lowest BCUT2D eigenvalue weighted by Crippen LogP contribution is -2.48. The van der Waals surface area contributed by atoms with Crippen LogP contribution in [0.15, 0.2) is 57.6 Å². The van der Waals surface area contributed by atoms with Crippen molar-refractivity contribution in [3.8, 4) is 11.8 Å². The molecule has 0 radical (unpaired) electrons. The number of aliphatic imine (C=N–C) groups is 1. The molecule has 0 aliphatic carbocycles. The average Bonchev–Trinajstić information content (AvgIpc) is 3.59. The molecule has 6 N–H and O–H groups in total. The maximum Gasteiger partial charge on any atom is 0.329 e. The molecule has 0 saturated carbocycles. The molecule has 362 valence electrons. The fourth-order valence-electron chi connectivity index (χ4n) is 10.5. The molecule has 2 atom stereocenters. The van der Waals surface area contributed by atoms with E-state index < -0.39 is 18.7 Å². The third kappa shape index (κ3) is 10.1. The number of aromatic nitrogens is 2. The van der Waals surface area contributed by atoms with Crippen molar-refractivity contribution in [2.75, 3.05) is 64.3 Å². The van der Waals surface area contributed by atoms with E-state index in [0.717, 1.165) is 62.0 Å². The van der Waals surface area contributed by atoms with Gasteiger partial charge in [0.1, 0.15) is 12.1 Å². The minimum absolute atomic E-state index is 0.0648. The van der Waals surface area contributed by atoms with Gasteiger partial charge in [0.15, 0.2) is 0 Å². The number of amidine groups is 1. The maximum atomic E-state index is 14.6. The van der Waals surface area contributed by atoms with Crippen molar-refractivity contribution >= 4 is 52.1 Å². The zero-order valence-corrected chi connectivity index (χ0v) is 39.2. The lowest BCUT2D eigenvalue weighted by molar-refractivity contribution is -0.132. The predicted octanol–water partition coefficient (Wildman–Crippen LogP) is 4.02. The Labute approximate surface area is 395 Å². The highest BCUT2D eigenvalue weighted by molar-refractivity contribution is 6.12. The number of imidazole rings is 1. The topological polar surface area (TPSA) is 198 Å². The van der Waals surface area contributed by atoms with E-state index in [0.29, 0.717) is 91.8 Å². The number of benzene rings is 2. The number of aliphatic hydroxyl groups excluding tert-OH is 1. The summed E-state index contributed by atoms with van der Waals surface area (Å²) in [5, 5.41) is 26.4. The monoisotopic (exact) mass is 935 g/mol. The second kappa shape index (κ2) is 20.9. The van der Waals surface area contributed by atoms with Gasteiger partial charge in [-0.2, -0.15) is 0 Å². The summed E-state index contributed by atoms with van der Waals surface area (Å²) in [4.78, 5) is 63.1. The Hall–Kier alpha value is -6.32. The Morgan fingerprint density at radius 3 is 2.49 bits per heavy atom. The number of nitrogens with zero attached hydrogens (tertiary/aromatic N) is 7. The highest BCUT2D eigenvalue weighted by atomic mass is 19.3. The van der Waals surface area contributed by atoms with Crippen molar-refractivity contribution in [3.63, 3.8) is 0 Å². The third-order valence-corrected chi connectivity index (χ3v) is 14.4. The second-order valence-electron chi connectivity index (χ2n) is 18.6. The van der Waals surface area contributed by atoms with Gasteiger partial charge in [-0.1, -0.05) is 17.9 Å². The van der Waals surface area contributed by atoms with Crippen molar-refractivity contribution in [2.45, 2.75) is 95.9 Å². The first-order chi connectivity index (χ1) is 32.8. The molecular formula is C50H63F2N11O5. The number of amides is 3. The molecule has 8 rings (SSSR count). The van der Waals surface area contributed by atoms with Gasteiger partial charge in [0.2, 0.25) is 17.7 Å². The Morgan fingerprint density at radius 1 is 1.03 bits per heavy atom. The number of carbonyl (C=O) groups excluding carboxylic acids is 3. The van der Waals surface area contributed by atoms with E-state index in [1.54, 1.807) is 39.1 Å². The summed E-state index contributed by atoms with van der Waals surface area (Å²) in [6, 6.07) is 8.33. The lowest BCUT2D eigenvalue weighted by Gasteiger charge is -2.39. The Balaban J connectivity index is 0.855. The van der Waals surface area contributed by atoms with Crippen LogP contribution in [0.3, 0.4) is 0 Å². The quantitative estimate of drug-likeness (QED) is 0.113. The number of carbonyl (C=O) groups is 3. The summed E-state index contributed by atoms with van der Waals surface area (Å²) in [6.45, 7) is 6.27. The van der Waals surface area contributed by atoms with Crippen LogP contribution >= 0.6 is 0 Å². The molecule has 5 aliphatic rings. The number of likely N-dealkylation sites (tertiary alicyclic amines) is 2. The number of hydrogen-bond donors (Lipinski definition) is 5. The zero-order chi connectivity index (χ0) is 48.2. The first-order valence-electron chi connectivity index (χ1n) is 23.8. The minimum Gasteiger partial charge on any atom is -0.404 e. The molecule has 16 nitrogen and oxygen atoms in total. The SMILES string of the molecule is CN=CC(=CN)c1cc2c(cc1C(F)F)N(C(=N)C1=C(NC3CCN(C(=O)CCN4CCC(C#Cc5cccc6c5n(C)c(=O)n6C5CCC(=O)NC5O)CC4)CC3)CCN(C(C)=O)C1)CCC2. The van der Waals surface area contributed by atoms with Gasteiger partial charge in [0.25, 0.3) is 6.43 Å². The van der Waals surface area contributed by atoms with Crippen LogP contribution in [0.2, 0.25) is 0 Å². The molecule has 2 aromatic carbocycles. The van der Waals surface area contributed by atoms with Crippen LogP contribution in [0.25, 0.3) is 16.6 Å². The van der Waals surface area contributed by atoms with Gasteiger partial charge in [0, 0.05) is 125 Å². The molecule has 3 saturated heterocycles. The smallest absolute Gasteiger partial charge is 0.329 e. The van der Waals surface area contributed by atoms with E-state index in [1.807, 2.05) is 23.1 Å². The van der Waals surface area contributed by atoms with Gasteiger partial charge in [-0.3, -0.25) is 33.9 Å². The van der Waals surface area contributed by atoms with Gasteiger partial charge in [-0.15, -0.1) is 0 Å². The number of alkyl halides is 2. The standard InChI is InChI=1S/C50H63F2N11O5/c1-31(64)61-25-17-40(39(30-61)48(54)62-19-5-7-34-26-37(35(28-53)29-55-2)38(47(51)52)27-43(34)62)56-36-15-23-60(24-16-36)45(66)18-22-59-20-13-32(14-21-59)9-10-33-6-4-8-41-46(33)58(3)50(68)63(41)42-11-12-44(65)57-49(42)67/h4,6,8,26-29,32,36,42,47,49,54,56,67H,5,7,11-25,30,53H2,1-3H3,(H,57,65). The summed E-state index contributed by atoms with van der Waals surface area (Å²) >= 11 is 0. The number of aryl methyl sites for hydroxylation is 2. The van der Waals surface area contributed by atoms with Crippen molar-refractivity contribution in [2.24, 2.45) is 23.7 Å². The summed E-state index contributed by atoms with van der Waals surface area (Å²) in [5.41, 5.74) is 11.2. The molecule has 2 unspecified atom stereocenters. The number of anilines is 1. The lowest BCUT2D eigenvalue weighted by atomic mass is 9.91. The van der Waals surface area contributed by atoms with Crippen LogP contribution in [-0.4, -0.2) is 130 Å². The number of hydrogen-bond acceptors (Lipinski definition) is 10. The molecule has 3 amide bonds. The first-order valence-corrected chi connectivity index (χ1v) is 23.8. The summed E-state index contributed by atoms with van der Waals surface area (Å²) in [5.74, 6) is 6.95. The van der Waals surface area contributed by atoms with Gasteiger partial charge >= 0.3 is 5.69 Å². The number of rotatable bonds is 10. The van der Waals surface area contributed by atoms with E-state index in [-0.39, 0.29) is 59.7 Å². The maximum absolute atomic E-state index is 14.6. The highest BCUT2D eigenvalue weighted by Crippen LogP contribution is 2.38. The van der Waals surface area contributed by atoms with Crippen LogP contribution in [0.4, 0.5) is 14.5 Å². The largest absolute Gasteiger partial charge is 0.404 e. The van der Waals surface area contributed by atoms with Crippen LogP contribution < -0.4 is 27.0 Å². The number of nitrogens with two attached hydrogens (primary N) is 1. The Kier molecular flexibility index (Phi) is 14.8. The number of aliphatic hydroxyl groups is 1. The van der Waals surface area contributed by atoms with E-state index in [1.165, 1.54) is 25.4 Å². The average molecular weight is 936 g/mol. The summed E-state index contributed by atoms with van der Waals surface area (Å²) < 4.78 is 32.3. The molecule has 1 aromatic heterocycles. The summed E-state index contributed by atoms with van der Waals surface area (Å²) in [7, 11) is 3.26. The van der Waals surface area contributed by atoms with Crippen LogP contribution in [-0.2, 0) is 27.9 Å². The Bertz CT molecular complexity index is 2660. The number of para-hydroxylation sites is 1. The molecular weight excluding hydrogens is 873 g/mol. The molecule has 0 bridgehead atoms. The van der Waals surface area contributed by atoms with Crippen LogP contribution in [0, 0.1) is 23.2 Å². The number of allylic oxidation sites excluding steroid dienone is 1. The second-order valence-corrected chi connectivity index (χ2v) is 18.6. The number of halogens is 2. The number of piperidine rings is 3. The van der Waals surface area contributed by atoms with Crippen molar-refractivity contribution in [1.82, 2.24) is 34.5 Å². The van der Waals surface area contributed by atoms with Crippen LogP contribution in [0.1, 0.15) is 99.4 Å². The molecule has 5 aliphatic heterocycles. The predicted molar refractivity (Wildman–Crippen MR) is 258 cm³/mol. The molecule has 3 fully saturated rings. The zero-order valence-electron chi connectivity index (χ0n) is 39.2. The first kappa shape index (κ1) is 48.1. The van der Waals surface area contributed by atoms with Gasteiger partial charge < -0.3 is 41.1 Å². The van der Waals surface area contributed by atoms with E-state index in [4.69, 9.17) is 5.73 Å². The number of fused-ring (bicyclic) bond motifs is 2. The molecule has 18 heteroatoms. The molecule has 68 heavy (non-hydrogen) atoms. The Morgan fingerprint density at radius 2 is 1.79 bits per heavy atom. The fourth-order valence-corrected chi connectivity index (χ4v) is 10.5. The van der Waals surface area contributed by atoms with Gasteiger partial charge in [0.05, 0.1) is 29.2 Å². The van der Waals surface area contributed by atoms with Crippen LogP contribution in [0.5, 0.6) is 0 Å².